The molecule has 0 spiro atoms. The molecule has 0 aliphatic heterocycles. The Kier molecular flexibility index (Phi) is 6.12. The summed E-state index contributed by atoms with van der Waals surface area (Å²) in [6.45, 7) is 4.47. The fraction of sp³-hybridized carbons (Fsp3) is 0.467. The smallest absolute Gasteiger partial charge is 0.155 e. The summed E-state index contributed by atoms with van der Waals surface area (Å²) in [5, 5.41) is 0. The highest BCUT2D eigenvalue weighted by Gasteiger charge is 2.08. The van der Waals surface area contributed by atoms with Crippen molar-refractivity contribution in [2.45, 2.75) is 39.0 Å². The maximum Gasteiger partial charge on any atom is 0.155 e. The van der Waals surface area contributed by atoms with Gasteiger partial charge in [0.05, 0.1) is 6.34 Å². The molecule has 0 aromatic heterocycles. The van der Waals surface area contributed by atoms with Gasteiger partial charge in [0.15, 0.2) is 5.84 Å². The molecule has 1 aromatic rings. The van der Waals surface area contributed by atoms with E-state index in [-0.39, 0.29) is 0 Å². The highest BCUT2D eigenvalue weighted by molar-refractivity contribution is 6.02. The van der Waals surface area contributed by atoms with E-state index in [1.54, 1.807) is 7.05 Å². The van der Waals surface area contributed by atoms with E-state index in [0.717, 1.165) is 5.56 Å². The zero-order valence-electron chi connectivity index (χ0n) is 11.6. The molecule has 0 bridgehead atoms. The van der Waals surface area contributed by atoms with Gasteiger partial charge in [0.25, 0.3) is 0 Å². The van der Waals surface area contributed by atoms with Crippen LogP contribution in [-0.4, -0.2) is 19.2 Å². The lowest BCUT2D eigenvalue weighted by molar-refractivity contribution is 0.596. The van der Waals surface area contributed by atoms with Crippen LogP contribution in [0.25, 0.3) is 0 Å². The van der Waals surface area contributed by atoms with Crippen molar-refractivity contribution in [1.29, 1.82) is 0 Å². The third-order valence-electron chi connectivity index (χ3n) is 3.18. The first kappa shape index (κ1) is 14.4. The summed E-state index contributed by atoms with van der Waals surface area (Å²) < 4.78 is 0. The van der Waals surface area contributed by atoms with Crippen molar-refractivity contribution in [3.8, 4) is 0 Å². The SMILES string of the molecule is CCCC(CC)c1ccc(C(N=CN)=NC)cc1. The predicted octanol–water partition coefficient (Wildman–Crippen LogP) is 3.34. The molecular weight excluding hydrogens is 222 g/mol. The Balaban J connectivity index is 2.91. The Hall–Kier alpha value is -1.64. The minimum absolute atomic E-state index is 0.657. The first-order valence-electron chi connectivity index (χ1n) is 6.58. The summed E-state index contributed by atoms with van der Waals surface area (Å²) in [6.07, 6.45) is 4.93. The van der Waals surface area contributed by atoms with Gasteiger partial charge in [-0.3, -0.25) is 4.99 Å². The first-order valence-corrected chi connectivity index (χ1v) is 6.58. The van der Waals surface area contributed by atoms with Gasteiger partial charge in [-0.2, -0.15) is 0 Å². The van der Waals surface area contributed by atoms with Crippen molar-refractivity contribution in [3.05, 3.63) is 35.4 Å². The third kappa shape index (κ3) is 3.69. The summed E-state index contributed by atoms with van der Waals surface area (Å²) in [7, 11) is 1.72. The second-order valence-corrected chi connectivity index (χ2v) is 4.34. The molecular formula is C15H23N3. The van der Waals surface area contributed by atoms with Gasteiger partial charge in [-0.25, -0.2) is 4.99 Å². The van der Waals surface area contributed by atoms with Crippen LogP contribution in [0.3, 0.4) is 0 Å². The average Bonchev–Trinajstić information content (AvgIpc) is 2.42. The Morgan fingerprint density at radius 3 is 2.39 bits per heavy atom. The number of hydrogen-bond acceptors (Lipinski definition) is 1. The van der Waals surface area contributed by atoms with Gasteiger partial charge in [0.2, 0.25) is 0 Å². The molecule has 18 heavy (non-hydrogen) atoms. The van der Waals surface area contributed by atoms with Crippen LogP contribution >= 0.6 is 0 Å². The normalized spacial score (nSPS) is 14.1. The number of hydrogen-bond donors (Lipinski definition) is 1. The summed E-state index contributed by atoms with van der Waals surface area (Å²) in [6, 6.07) is 8.50. The van der Waals surface area contributed by atoms with Crippen LogP contribution in [0.1, 0.15) is 50.2 Å². The summed E-state index contributed by atoms with van der Waals surface area (Å²) >= 11 is 0. The van der Waals surface area contributed by atoms with Gasteiger partial charge in [0.1, 0.15) is 0 Å². The molecule has 0 saturated heterocycles. The highest BCUT2D eigenvalue weighted by Crippen LogP contribution is 2.24. The van der Waals surface area contributed by atoms with Gasteiger partial charge >= 0.3 is 0 Å². The van der Waals surface area contributed by atoms with E-state index in [0.29, 0.717) is 11.8 Å². The van der Waals surface area contributed by atoms with Gasteiger partial charge in [-0.1, -0.05) is 44.5 Å². The van der Waals surface area contributed by atoms with Crippen LogP contribution in [0, 0.1) is 0 Å². The Morgan fingerprint density at radius 1 is 1.28 bits per heavy atom. The molecule has 98 valence electrons. The van der Waals surface area contributed by atoms with E-state index in [1.165, 1.54) is 31.2 Å². The maximum absolute atomic E-state index is 5.31. The van der Waals surface area contributed by atoms with Crippen molar-refractivity contribution >= 4 is 12.2 Å². The molecule has 1 atom stereocenters. The van der Waals surface area contributed by atoms with E-state index in [1.807, 2.05) is 0 Å². The first-order chi connectivity index (χ1) is 8.76. The second kappa shape index (κ2) is 7.64. The lowest BCUT2D eigenvalue weighted by Crippen LogP contribution is -2.02. The Bertz CT molecular complexity index is 404. The van der Waals surface area contributed by atoms with Crippen LogP contribution in [0.4, 0.5) is 0 Å². The van der Waals surface area contributed by atoms with Crippen molar-refractivity contribution in [2.75, 3.05) is 7.05 Å². The van der Waals surface area contributed by atoms with Crippen LogP contribution in [-0.2, 0) is 0 Å². The van der Waals surface area contributed by atoms with Gasteiger partial charge in [-0.15, -0.1) is 0 Å². The Morgan fingerprint density at radius 2 is 1.94 bits per heavy atom. The van der Waals surface area contributed by atoms with Crippen LogP contribution in [0.5, 0.6) is 0 Å². The van der Waals surface area contributed by atoms with E-state index in [2.05, 4.69) is 48.1 Å². The number of aliphatic imine (C=N–C) groups is 2. The number of nitrogens with zero attached hydrogens (tertiary/aromatic N) is 2. The van der Waals surface area contributed by atoms with Crippen LogP contribution in [0.2, 0.25) is 0 Å². The molecule has 1 unspecified atom stereocenters. The molecule has 0 saturated carbocycles. The van der Waals surface area contributed by atoms with E-state index in [4.69, 9.17) is 5.73 Å². The third-order valence-corrected chi connectivity index (χ3v) is 3.18. The zero-order chi connectivity index (χ0) is 13.4. The molecule has 3 heteroatoms. The lowest BCUT2D eigenvalue weighted by Gasteiger charge is -2.14. The molecule has 0 heterocycles. The van der Waals surface area contributed by atoms with Crippen molar-refractivity contribution in [3.63, 3.8) is 0 Å². The molecule has 2 N–H and O–H groups in total. The molecule has 0 aliphatic rings. The molecule has 1 aromatic carbocycles. The number of rotatable bonds is 5. The topological polar surface area (TPSA) is 50.7 Å². The average molecular weight is 245 g/mol. The zero-order valence-corrected chi connectivity index (χ0v) is 11.6. The lowest BCUT2D eigenvalue weighted by atomic mass is 9.91. The van der Waals surface area contributed by atoms with Crippen LogP contribution in [0.15, 0.2) is 34.3 Å². The van der Waals surface area contributed by atoms with Gasteiger partial charge < -0.3 is 5.73 Å². The predicted molar refractivity (Wildman–Crippen MR) is 79.5 cm³/mol. The van der Waals surface area contributed by atoms with Crippen molar-refractivity contribution < 1.29 is 0 Å². The van der Waals surface area contributed by atoms with E-state index < -0.39 is 0 Å². The fourth-order valence-corrected chi connectivity index (χ4v) is 2.19. The summed E-state index contributed by atoms with van der Waals surface area (Å²) in [5.74, 6) is 1.33. The van der Waals surface area contributed by atoms with Crippen molar-refractivity contribution in [1.82, 2.24) is 0 Å². The molecule has 0 amide bonds. The molecule has 1 rings (SSSR count). The van der Waals surface area contributed by atoms with Gasteiger partial charge in [-0.05, 0) is 24.3 Å². The largest absolute Gasteiger partial charge is 0.390 e. The van der Waals surface area contributed by atoms with Crippen molar-refractivity contribution in [2.24, 2.45) is 15.7 Å². The van der Waals surface area contributed by atoms with E-state index in [9.17, 15) is 0 Å². The highest BCUT2D eigenvalue weighted by atomic mass is 14.9. The van der Waals surface area contributed by atoms with Gasteiger partial charge in [0, 0.05) is 12.6 Å². The maximum atomic E-state index is 5.31. The quantitative estimate of drug-likeness (QED) is 0.627. The Labute approximate surface area is 110 Å². The molecule has 0 radical (unpaired) electrons. The minimum atomic E-state index is 0.657. The standard InChI is InChI=1S/C15H23N3/c1-4-6-12(5-2)13-7-9-14(10-8-13)15(17-3)18-11-16/h7-12H,4-6H2,1-3H3,(H2,16,17,18). The number of amidine groups is 1. The fourth-order valence-electron chi connectivity index (χ4n) is 2.19. The molecule has 0 aliphatic carbocycles. The summed E-state index contributed by atoms with van der Waals surface area (Å²) in [4.78, 5) is 8.16. The van der Waals surface area contributed by atoms with E-state index >= 15 is 0 Å². The number of benzene rings is 1. The number of nitrogens with two attached hydrogens (primary N) is 1. The summed E-state index contributed by atoms with van der Waals surface area (Å²) in [5.41, 5.74) is 7.72. The van der Waals surface area contributed by atoms with Crippen LogP contribution < -0.4 is 5.73 Å². The molecule has 0 fully saturated rings. The molecule has 3 nitrogen and oxygen atoms in total. The monoisotopic (exact) mass is 245 g/mol. The second-order valence-electron chi connectivity index (χ2n) is 4.34. The minimum Gasteiger partial charge on any atom is -0.390 e.